The van der Waals surface area contributed by atoms with Crippen molar-refractivity contribution in [3.63, 3.8) is 0 Å². The molecule has 0 aliphatic carbocycles. The standard InChI is InChI=1S/C18H24O6S/c1-11(16(12(2)19)17(20)21)13-5-7-15(8-6-13)25(22)10-14-9-23-18(3,4)24-14/h5-8,11,14,16H,9-10H2,1-4H3,(H,20,21). The average molecular weight is 368 g/mol. The molecule has 1 aromatic rings. The third-order valence-corrected chi connectivity index (χ3v) is 5.75. The monoisotopic (exact) mass is 368 g/mol. The number of ether oxygens (including phenoxy) is 2. The molecule has 1 aliphatic rings. The third kappa shape index (κ3) is 5.04. The van der Waals surface area contributed by atoms with Crippen LogP contribution >= 0.6 is 0 Å². The Balaban J connectivity index is 2.03. The number of Topliss-reactive ketones (excluding diaryl/α,β-unsaturated/α-hetero) is 1. The predicted molar refractivity (Wildman–Crippen MR) is 92.8 cm³/mol. The maximum atomic E-state index is 12.5. The van der Waals surface area contributed by atoms with Gasteiger partial charge in [0.25, 0.3) is 0 Å². The van der Waals surface area contributed by atoms with Crippen LogP contribution in [0.3, 0.4) is 0 Å². The minimum Gasteiger partial charge on any atom is -0.611 e. The predicted octanol–water partition coefficient (Wildman–Crippen LogP) is 2.34. The molecule has 1 fully saturated rings. The normalized spacial score (nSPS) is 23.0. The molecule has 0 amide bonds. The number of hydrogen-bond donors (Lipinski definition) is 1. The van der Waals surface area contributed by atoms with E-state index in [-0.39, 0.29) is 11.9 Å². The van der Waals surface area contributed by atoms with Gasteiger partial charge in [-0.2, -0.15) is 0 Å². The molecule has 1 saturated heterocycles. The molecule has 6 nitrogen and oxygen atoms in total. The Kier molecular flexibility index (Phi) is 6.26. The van der Waals surface area contributed by atoms with Gasteiger partial charge < -0.3 is 19.1 Å². The van der Waals surface area contributed by atoms with Gasteiger partial charge in [0.05, 0.1) is 6.61 Å². The molecular weight excluding hydrogens is 344 g/mol. The third-order valence-electron chi connectivity index (χ3n) is 4.28. The minimum absolute atomic E-state index is 0.219. The highest BCUT2D eigenvalue weighted by atomic mass is 32.2. The van der Waals surface area contributed by atoms with Gasteiger partial charge in [-0.15, -0.1) is 0 Å². The number of aliphatic carboxylic acids is 1. The zero-order valence-corrected chi connectivity index (χ0v) is 15.7. The van der Waals surface area contributed by atoms with Crippen molar-refractivity contribution in [1.82, 2.24) is 0 Å². The molecule has 0 bridgehead atoms. The summed E-state index contributed by atoms with van der Waals surface area (Å²) in [4.78, 5) is 23.5. The Bertz CT molecular complexity index is 613. The Hall–Kier alpha value is -1.41. The fraction of sp³-hybridized carbons (Fsp3) is 0.556. The fourth-order valence-corrected chi connectivity index (χ4v) is 4.10. The van der Waals surface area contributed by atoms with Crippen LogP contribution in [0.2, 0.25) is 0 Å². The van der Waals surface area contributed by atoms with Crippen LogP contribution in [0.4, 0.5) is 0 Å². The van der Waals surface area contributed by atoms with Gasteiger partial charge in [-0.05, 0) is 49.6 Å². The highest BCUT2D eigenvalue weighted by molar-refractivity contribution is 7.91. The number of carbonyl (C=O) groups excluding carboxylic acids is 1. The first-order valence-corrected chi connectivity index (χ1v) is 9.46. The number of ketones is 1. The van der Waals surface area contributed by atoms with Gasteiger partial charge in [-0.3, -0.25) is 9.59 Å². The van der Waals surface area contributed by atoms with Crippen molar-refractivity contribution < 1.29 is 28.7 Å². The summed E-state index contributed by atoms with van der Waals surface area (Å²) in [5.41, 5.74) is 0.727. The molecule has 25 heavy (non-hydrogen) atoms. The van der Waals surface area contributed by atoms with Crippen LogP contribution < -0.4 is 0 Å². The van der Waals surface area contributed by atoms with Gasteiger partial charge in [0, 0.05) is 5.92 Å². The van der Waals surface area contributed by atoms with E-state index in [1.807, 2.05) is 13.8 Å². The van der Waals surface area contributed by atoms with Crippen LogP contribution in [-0.4, -0.2) is 45.7 Å². The SMILES string of the molecule is CC(=O)C(C(=O)O)C(C)c1ccc([S+]([O-])CC2COC(C)(C)O2)cc1. The van der Waals surface area contributed by atoms with E-state index in [0.29, 0.717) is 17.3 Å². The summed E-state index contributed by atoms with van der Waals surface area (Å²) < 4.78 is 23.6. The van der Waals surface area contributed by atoms with E-state index in [1.54, 1.807) is 31.2 Å². The highest BCUT2D eigenvalue weighted by Crippen LogP contribution is 2.28. The first-order valence-electron chi connectivity index (χ1n) is 8.14. The Morgan fingerprint density at radius 1 is 1.36 bits per heavy atom. The van der Waals surface area contributed by atoms with E-state index in [2.05, 4.69) is 0 Å². The maximum Gasteiger partial charge on any atom is 0.314 e. The molecule has 7 heteroatoms. The first kappa shape index (κ1) is 19.9. The van der Waals surface area contributed by atoms with Crippen LogP contribution in [0.1, 0.15) is 39.2 Å². The van der Waals surface area contributed by atoms with E-state index >= 15 is 0 Å². The molecular formula is C18H24O6S. The molecule has 1 N–H and O–H groups in total. The van der Waals surface area contributed by atoms with Crippen molar-refractivity contribution in [2.45, 2.75) is 50.4 Å². The van der Waals surface area contributed by atoms with Crippen molar-refractivity contribution in [1.29, 1.82) is 0 Å². The van der Waals surface area contributed by atoms with Gasteiger partial charge in [0.2, 0.25) is 0 Å². The lowest BCUT2D eigenvalue weighted by atomic mass is 9.85. The fourth-order valence-electron chi connectivity index (χ4n) is 2.97. The minimum atomic E-state index is -1.24. The van der Waals surface area contributed by atoms with Crippen molar-refractivity contribution in [2.75, 3.05) is 12.4 Å². The quantitative estimate of drug-likeness (QED) is 0.586. The molecule has 4 atom stereocenters. The van der Waals surface area contributed by atoms with Gasteiger partial charge in [-0.25, -0.2) is 0 Å². The molecule has 1 aliphatic heterocycles. The second-order valence-corrected chi connectivity index (χ2v) is 8.24. The molecule has 1 heterocycles. The lowest BCUT2D eigenvalue weighted by Crippen LogP contribution is -2.27. The van der Waals surface area contributed by atoms with E-state index in [0.717, 1.165) is 5.56 Å². The number of rotatable bonds is 7. The summed E-state index contributed by atoms with van der Waals surface area (Å²) in [5.74, 6) is -3.36. The summed E-state index contributed by atoms with van der Waals surface area (Å²) in [5, 5.41) is 9.22. The zero-order chi connectivity index (χ0) is 18.8. The molecule has 4 unspecified atom stereocenters. The zero-order valence-electron chi connectivity index (χ0n) is 14.9. The number of carboxylic acids is 1. The van der Waals surface area contributed by atoms with Crippen LogP contribution in [-0.2, 0) is 30.2 Å². The lowest BCUT2D eigenvalue weighted by Gasteiger charge is -2.20. The number of hydrogen-bond acceptors (Lipinski definition) is 5. The van der Waals surface area contributed by atoms with E-state index in [9.17, 15) is 19.2 Å². The molecule has 2 rings (SSSR count). The van der Waals surface area contributed by atoms with E-state index < -0.39 is 34.8 Å². The largest absolute Gasteiger partial charge is 0.611 e. The van der Waals surface area contributed by atoms with E-state index in [4.69, 9.17) is 9.47 Å². The summed E-state index contributed by atoms with van der Waals surface area (Å²) in [6.07, 6.45) is -0.219. The molecule has 138 valence electrons. The van der Waals surface area contributed by atoms with Crippen LogP contribution in [0.15, 0.2) is 29.2 Å². The first-order chi connectivity index (χ1) is 11.6. The summed E-state index contributed by atoms with van der Waals surface area (Å²) in [6, 6.07) is 6.88. The molecule has 0 spiro atoms. The molecule has 0 saturated carbocycles. The Morgan fingerprint density at radius 3 is 2.40 bits per heavy atom. The van der Waals surface area contributed by atoms with Gasteiger partial charge >= 0.3 is 5.97 Å². The van der Waals surface area contributed by atoms with Gasteiger partial charge in [0.15, 0.2) is 10.7 Å². The van der Waals surface area contributed by atoms with Crippen molar-refractivity contribution in [2.24, 2.45) is 5.92 Å². The average Bonchev–Trinajstić information content (AvgIpc) is 2.85. The van der Waals surface area contributed by atoms with Gasteiger partial charge in [0.1, 0.15) is 23.6 Å². The Morgan fingerprint density at radius 2 is 1.96 bits per heavy atom. The maximum absolute atomic E-state index is 12.5. The Labute approximate surface area is 150 Å². The van der Waals surface area contributed by atoms with Gasteiger partial charge in [-0.1, -0.05) is 19.1 Å². The van der Waals surface area contributed by atoms with E-state index in [1.165, 1.54) is 6.92 Å². The van der Waals surface area contributed by atoms with Crippen molar-refractivity contribution in [3.05, 3.63) is 29.8 Å². The number of carboxylic acid groups (broad SMARTS) is 1. The summed E-state index contributed by atoms with van der Waals surface area (Å²) >= 11 is -1.24. The topological polar surface area (TPSA) is 95.9 Å². The van der Waals surface area contributed by atoms with Crippen LogP contribution in [0.25, 0.3) is 0 Å². The lowest BCUT2D eigenvalue weighted by molar-refractivity contribution is -0.146. The van der Waals surface area contributed by atoms with Crippen molar-refractivity contribution in [3.8, 4) is 0 Å². The molecule has 1 aromatic carbocycles. The summed E-state index contributed by atoms with van der Waals surface area (Å²) in [7, 11) is 0. The second kappa shape index (κ2) is 7.86. The molecule has 0 aromatic heterocycles. The smallest absolute Gasteiger partial charge is 0.314 e. The van der Waals surface area contributed by atoms with Crippen molar-refractivity contribution >= 4 is 22.9 Å². The second-order valence-electron chi connectivity index (χ2n) is 6.75. The summed E-state index contributed by atoms with van der Waals surface area (Å²) in [6.45, 7) is 7.04. The number of benzene rings is 1. The van der Waals surface area contributed by atoms with Crippen LogP contribution in [0, 0.1) is 5.92 Å². The van der Waals surface area contributed by atoms with Crippen LogP contribution in [0.5, 0.6) is 0 Å². The number of carbonyl (C=O) groups is 2. The molecule has 0 radical (unpaired) electrons. The highest BCUT2D eigenvalue weighted by Gasteiger charge is 2.36.